The van der Waals surface area contributed by atoms with Crippen molar-refractivity contribution >= 4 is 12.3 Å². The molecule has 0 saturated heterocycles. The highest BCUT2D eigenvalue weighted by atomic mass is 16.5. The van der Waals surface area contributed by atoms with E-state index in [4.69, 9.17) is 14.3 Å². The number of furan rings is 1. The van der Waals surface area contributed by atoms with E-state index in [1.807, 2.05) is 42.5 Å². The first kappa shape index (κ1) is 24.8. The van der Waals surface area contributed by atoms with Crippen molar-refractivity contribution in [1.82, 2.24) is 5.32 Å². The van der Waals surface area contributed by atoms with Crippen molar-refractivity contribution in [2.24, 2.45) is 0 Å². The number of rotatable bonds is 11. The van der Waals surface area contributed by atoms with Gasteiger partial charge in [0.05, 0.1) is 12.9 Å². The zero-order chi connectivity index (χ0) is 23.2. The molecule has 0 fully saturated rings. The van der Waals surface area contributed by atoms with Crippen molar-refractivity contribution in [2.45, 2.75) is 31.9 Å². The Labute approximate surface area is 187 Å². The van der Waals surface area contributed by atoms with E-state index in [9.17, 15) is 14.7 Å². The van der Waals surface area contributed by atoms with Crippen molar-refractivity contribution in [3.05, 3.63) is 78.1 Å². The van der Waals surface area contributed by atoms with Crippen LogP contribution < -0.4 is 10.1 Å². The number of hydrogen-bond donors (Lipinski definition) is 3. The molecule has 3 rings (SSSR count). The summed E-state index contributed by atoms with van der Waals surface area (Å²) in [6.07, 6.45) is 4.20. The first-order valence-electron chi connectivity index (χ1n) is 10.4. The van der Waals surface area contributed by atoms with Crippen LogP contribution in [-0.2, 0) is 4.79 Å². The number of aliphatic carboxylic acids is 1. The summed E-state index contributed by atoms with van der Waals surface area (Å²) in [5, 5.41) is 21.0. The molecule has 0 aliphatic heterocycles. The summed E-state index contributed by atoms with van der Waals surface area (Å²) >= 11 is 0. The van der Waals surface area contributed by atoms with Gasteiger partial charge in [-0.1, -0.05) is 42.5 Å². The van der Waals surface area contributed by atoms with Gasteiger partial charge >= 0.3 is 5.97 Å². The minimum absolute atomic E-state index is 0.203. The maximum absolute atomic E-state index is 10.4. The standard InChI is InChI=1S/C14H21NO4.C11H8O2/c1-15-14(18)11-7-4-5-8-12(11)19-10-6-2-3-9-13(16)17;12-8-9-3-5-10(6-4-9)11-2-1-7-13-11/h4-5,7-8,14-15,18H,2-3,6,9-10H2,1H3,(H,16,17);1-8H. The van der Waals surface area contributed by atoms with Crippen LogP contribution in [0, 0.1) is 0 Å². The lowest BCUT2D eigenvalue weighted by molar-refractivity contribution is -0.137. The lowest BCUT2D eigenvalue weighted by Gasteiger charge is -2.15. The zero-order valence-corrected chi connectivity index (χ0v) is 18.1. The van der Waals surface area contributed by atoms with Gasteiger partial charge in [0.15, 0.2) is 0 Å². The minimum atomic E-state index is -0.761. The third kappa shape index (κ3) is 8.37. The van der Waals surface area contributed by atoms with E-state index in [2.05, 4.69) is 5.32 Å². The number of carbonyl (C=O) groups is 2. The average Bonchev–Trinajstić information content (AvgIpc) is 3.36. The molecule has 0 aliphatic rings. The Balaban J connectivity index is 0.000000242. The summed E-state index contributed by atoms with van der Waals surface area (Å²) in [6.45, 7) is 0.521. The molecule has 7 heteroatoms. The maximum atomic E-state index is 10.4. The van der Waals surface area contributed by atoms with Gasteiger partial charge in [0.1, 0.15) is 24.0 Å². The van der Waals surface area contributed by atoms with Crippen LogP contribution in [0.3, 0.4) is 0 Å². The molecule has 7 nitrogen and oxygen atoms in total. The Bertz CT molecular complexity index is 937. The molecule has 1 unspecified atom stereocenters. The van der Waals surface area contributed by atoms with Gasteiger partial charge in [-0.2, -0.15) is 0 Å². The lowest BCUT2D eigenvalue weighted by Crippen LogP contribution is -2.16. The Hall–Kier alpha value is -3.42. The molecule has 3 aromatic rings. The average molecular weight is 440 g/mol. The molecule has 0 aliphatic carbocycles. The number of carboxylic acids is 1. The first-order valence-corrected chi connectivity index (χ1v) is 10.4. The molecular weight excluding hydrogens is 410 g/mol. The van der Waals surface area contributed by atoms with Crippen molar-refractivity contribution in [1.29, 1.82) is 0 Å². The quantitative estimate of drug-likeness (QED) is 0.226. The highest BCUT2D eigenvalue weighted by molar-refractivity contribution is 5.76. The van der Waals surface area contributed by atoms with Crippen LogP contribution in [0.25, 0.3) is 11.3 Å². The summed E-state index contributed by atoms with van der Waals surface area (Å²) in [6, 6.07) is 18.3. The largest absolute Gasteiger partial charge is 0.493 e. The number of aldehydes is 1. The molecule has 3 N–H and O–H groups in total. The number of carboxylic acid groups (broad SMARTS) is 1. The van der Waals surface area contributed by atoms with Crippen molar-refractivity contribution in [3.63, 3.8) is 0 Å². The normalized spacial score (nSPS) is 11.2. The highest BCUT2D eigenvalue weighted by Crippen LogP contribution is 2.23. The Kier molecular flexibility index (Phi) is 10.7. The molecule has 0 spiro atoms. The summed E-state index contributed by atoms with van der Waals surface area (Å²) in [4.78, 5) is 20.7. The number of nitrogens with one attached hydrogen (secondary N) is 1. The van der Waals surface area contributed by atoms with Crippen LogP contribution in [0.5, 0.6) is 5.75 Å². The Morgan fingerprint density at radius 1 is 1.06 bits per heavy atom. The predicted molar refractivity (Wildman–Crippen MR) is 122 cm³/mol. The third-order valence-corrected chi connectivity index (χ3v) is 4.63. The summed E-state index contributed by atoms with van der Waals surface area (Å²) in [7, 11) is 1.67. The first-order chi connectivity index (χ1) is 15.5. The van der Waals surface area contributed by atoms with Crippen LogP contribution >= 0.6 is 0 Å². The van der Waals surface area contributed by atoms with E-state index < -0.39 is 12.2 Å². The molecule has 32 heavy (non-hydrogen) atoms. The topological polar surface area (TPSA) is 109 Å². The van der Waals surface area contributed by atoms with E-state index in [1.54, 1.807) is 31.5 Å². The number of aliphatic hydroxyl groups excluding tert-OH is 1. The van der Waals surface area contributed by atoms with Gasteiger partial charge in [0.25, 0.3) is 0 Å². The van der Waals surface area contributed by atoms with E-state index in [-0.39, 0.29) is 6.42 Å². The lowest BCUT2D eigenvalue weighted by atomic mass is 10.1. The van der Waals surface area contributed by atoms with E-state index in [0.717, 1.165) is 30.5 Å². The zero-order valence-electron chi connectivity index (χ0n) is 18.1. The molecule has 0 radical (unpaired) electrons. The third-order valence-electron chi connectivity index (χ3n) is 4.63. The second-order valence-corrected chi connectivity index (χ2v) is 7.00. The van der Waals surface area contributed by atoms with Gasteiger partial charge < -0.3 is 19.4 Å². The number of carbonyl (C=O) groups excluding carboxylic acids is 1. The number of para-hydroxylation sites is 1. The fourth-order valence-electron chi connectivity index (χ4n) is 2.90. The second kappa shape index (κ2) is 13.8. The van der Waals surface area contributed by atoms with Gasteiger partial charge in [-0.15, -0.1) is 0 Å². The molecule has 1 aromatic heterocycles. The molecular formula is C25H29NO6. The summed E-state index contributed by atoms with van der Waals surface area (Å²) in [5.41, 5.74) is 2.36. The molecule has 0 saturated carbocycles. The Morgan fingerprint density at radius 3 is 2.44 bits per heavy atom. The van der Waals surface area contributed by atoms with E-state index in [0.29, 0.717) is 29.9 Å². The molecule has 2 aromatic carbocycles. The fraction of sp³-hybridized carbons (Fsp3) is 0.280. The summed E-state index contributed by atoms with van der Waals surface area (Å²) in [5.74, 6) is 0.712. The monoisotopic (exact) mass is 439 g/mol. The number of benzene rings is 2. The van der Waals surface area contributed by atoms with Crippen LogP contribution in [-0.4, -0.2) is 36.1 Å². The fourth-order valence-corrected chi connectivity index (χ4v) is 2.90. The minimum Gasteiger partial charge on any atom is -0.493 e. The highest BCUT2D eigenvalue weighted by Gasteiger charge is 2.10. The van der Waals surface area contributed by atoms with Crippen molar-refractivity contribution < 1.29 is 29.0 Å². The molecule has 0 amide bonds. The van der Waals surface area contributed by atoms with Gasteiger partial charge in [0.2, 0.25) is 0 Å². The number of aliphatic hydroxyl groups is 1. The molecule has 0 bridgehead atoms. The molecule has 170 valence electrons. The maximum Gasteiger partial charge on any atom is 0.303 e. The number of ether oxygens (including phenoxy) is 1. The van der Waals surface area contributed by atoms with Gasteiger partial charge in [-0.05, 0) is 44.5 Å². The van der Waals surface area contributed by atoms with Crippen molar-refractivity contribution in [2.75, 3.05) is 13.7 Å². The number of unbranched alkanes of at least 4 members (excludes halogenated alkanes) is 2. The smallest absolute Gasteiger partial charge is 0.303 e. The van der Waals surface area contributed by atoms with Crippen LogP contribution in [0.1, 0.15) is 47.8 Å². The second-order valence-electron chi connectivity index (χ2n) is 7.00. The Morgan fingerprint density at radius 2 is 1.81 bits per heavy atom. The van der Waals surface area contributed by atoms with E-state index in [1.165, 1.54) is 0 Å². The van der Waals surface area contributed by atoms with Gasteiger partial charge in [-0.3, -0.25) is 14.9 Å². The SMILES string of the molecule is CNC(O)c1ccccc1OCCCCCC(=O)O.O=Cc1ccc(-c2ccco2)cc1. The van der Waals surface area contributed by atoms with Gasteiger partial charge in [0, 0.05) is 23.1 Å². The van der Waals surface area contributed by atoms with Gasteiger partial charge in [-0.25, -0.2) is 0 Å². The van der Waals surface area contributed by atoms with Crippen LogP contribution in [0.15, 0.2) is 71.3 Å². The van der Waals surface area contributed by atoms with Crippen LogP contribution in [0.4, 0.5) is 0 Å². The van der Waals surface area contributed by atoms with E-state index >= 15 is 0 Å². The van der Waals surface area contributed by atoms with Crippen molar-refractivity contribution in [3.8, 4) is 17.1 Å². The molecule has 1 heterocycles. The summed E-state index contributed by atoms with van der Waals surface area (Å²) < 4.78 is 10.8. The number of hydrogen-bond acceptors (Lipinski definition) is 6. The van der Waals surface area contributed by atoms with Crippen LogP contribution in [0.2, 0.25) is 0 Å². The molecule has 1 atom stereocenters. The predicted octanol–water partition coefficient (Wildman–Crippen LogP) is 4.68.